The molecule has 0 bridgehead atoms. The minimum absolute atomic E-state index is 0.0439. The lowest BCUT2D eigenvalue weighted by molar-refractivity contribution is 0.411. The fourth-order valence-electron chi connectivity index (χ4n) is 5.08. The highest BCUT2D eigenvalue weighted by molar-refractivity contribution is 8.13. The van der Waals surface area contributed by atoms with Crippen LogP contribution in [0.4, 0.5) is 8.78 Å². The van der Waals surface area contributed by atoms with Gasteiger partial charge in [-0.05, 0) is 77.4 Å². The highest BCUT2D eigenvalue weighted by atomic mass is 35.5. The van der Waals surface area contributed by atoms with E-state index < -0.39 is 5.41 Å². The molecule has 3 aromatic carbocycles. The lowest BCUT2D eigenvalue weighted by atomic mass is 9.68. The predicted octanol–water partition coefficient (Wildman–Crippen LogP) is 9.91. The van der Waals surface area contributed by atoms with Gasteiger partial charge in [0.1, 0.15) is 17.4 Å². The van der Waals surface area contributed by atoms with Crippen LogP contribution in [0.15, 0.2) is 71.4 Å². The second-order valence-electron chi connectivity index (χ2n) is 10.2. The monoisotopic (exact) mass is 573 g/mol. The number of hydrogen-bond donors (Lipinski definition) is 0. The Morgan fingerprint density at radius 3 is 2.39 bits per heavy atom. The van der Waals surface area contributed by atoms with Crippen molar-refractivity contribution < 1.29 is 13.5 Å². The van der Waals surface area contributed by atoms with Gasteiger partial charge in [-0.15, -0.1) is 11.8 Å². The molecule has 2 unspecified atom stereocenters. The Balaban J connectivity index is 1.73. The summed E-state index contributed by atoms with van der Waals surface area (Å²) in [6, 6.07) is 15.8. The van der Waals surface area contributed by atoms with Crippen molar-refractivity contribution in [1.82, 2.24) is 0 Å². The van der Waals surface area contributed by atoms with Gasteiger partial charge in [0.05, 0.1) is 17.2 Å². The second kappa shape index (κ2) is 11.8. The number of rotatable bonds is 6. The molecular formula is C31H31Cl2F2NOS. The minimum atomic E-state index is -0.397. The summed E-state index contributed by atoms with van der Waals surface area (Å²) in [6.45, 7) is 8.33. The summed E-state index contributed by atoms with van der Waals surface area (Å²) >= 11 is 14.2. The molecule has 1 aliphatic heterocycles. The van der Waals surface area contributed by atoms with E-state index in [0.717, 1.165) is 27.3 Å². The first-order valence-electron chi connectivity index (χ1n) is 12.4. The van der Waals surface area contributed by atoms with Crippen molar-refractivity contribution in [3.8, 4) is 5.75 Å². The highest BCUT2D eigenvalue weighted by Gasteiger charge is 2.36. The van der Waals surface area contributed by atoms with E-state index in [1.165, 1.54) is 30.0 Å². The Hall–Kier alpha value is -2.34. The van der Waals surface area contributed by atoms with Gasteiger partial charge in [-0.25, -0.2) is 8.78 Å². The number of methoxy groups -OCH3 is 1. The van der Waals surface area contributed by atoms with Gasteiger partial charge in [-0.3, -0.25) is 4.99 Å². The zero-order chi connectivity index (χ0) is 27.6. The van der Waals surface area contributed by atoms with Crippen LogP contribution in [0.25, 0.3) is 0 Å². The maximum absolute atomic E-state index is 14.7. The number of aryl methyl sites for hydroxylation is 1. The predicted molar refractivity (Wildman–Crippen MR) is 157 cm³/mol. The molecule has 0 spiro atoms. The SMILES string of the molecule is COc1cc(C(C)(C)C2=CN=C(SCc3c(F)cc(C)cc3Cl)CC(c3ccc(F)cc3)C2C)ccc1Cl. The van der Waals surface area contributed by atoms with Gasteiger partial charge in [0.15, 0.2) is 0 Å². The molecule has 1 aliphatic rings. The highest BCUT2D eigenvalue weighted by Crippen LogP contribution is 2.46. The van der Waals surface area contributed by atoms with E-state index >= 15 is 0 Å². The molecule has 200 valence electrons. The minimum Gasteiger partial charge on any atom is -0.495 e. The van der Waals surface area contributed by atoms with Crippen LogP contribution in [-0.2, 0) is 11.2 Å². The Kier molecular flexibility index (Phi) is 8.91. The Morgan fingerprint density at radius 2 is 1.74 bits per heavy atom. The molecule has 2 atom stereocenters. The second-order valence-corrected chi connectivity index (χ2v) is 12.1. The topological polar surface area (TPSA) is 21.6 Å². The van der Waals surface area contributed by atoms with Crippen LogP contribution in [0, 0.1) is 24.5 Å². The number of hydrogen-bond acceptors (Lipinski definition) is 3. The van der Waals surface area contributed by atoms with Gasteiger partial charge < -0.3 is 4.74 Å². The van der Waals surface area contributed by atoms with E-state index in [1.807, 2.05) is 43.5 Å². The molecule has 0 aromatic heterocycles. The zero-order valence-electron chi connectivity index (χ0n) is 22.1. The van der Waals surface area contributed by atoms with Crippen LogP contribution in [0.5, 0.6) is 5.75 Å². The Bertz CT molecular complexity index is 1360. The van der Waals surface area contributed by atoms with Gasteiger partial charge in [-0.2, -0.15) is 0 Å². The van der Waals surface area contributed by atoms with E-state index in [9.17, 15) is 8.78 Å². The normalized spacial score (nSPS) is 18.0. The quantitative estimate of drug-likeness (QED) is 0.292. The maximum atomic E-state index is 14.7. The summed E-state index contributed by atoms with van der Waals surface area (Å²) in [5.41, 5.74) is 4.07. The molecule has 0 saturated heterocycles. The molecule has 0 amide bonds. The lowest BCUT2D eigenvalue weighted by Crippen LogP contribution is -2.27. The molecule has 7 heteroatoms. The van der Waals surface area contributed by atoms with Crippen molar-refractivity contribution in [2.24, 2.45) is 10.9 Å². The number of ether oxygens (including phenoxy) is 1. The fourth-order valence-corrected chi connectivity index (χ4v) is 6.71. The molecule has 0 aliphatic carbocycles. The van der Waals surface area contributed by atoms with Gasteiger partial charge in [0.25, 0.3) is 0 Å². The maximum Gasteiger partial charge on any atom is 0.137 e. The van der Waals surface area contributed by atoms with Gasteiger partial charge in [0, 0.05) is 34.4 Å². The number of thioether (sulfide) groups is 1. The molecule has 4 rings (SSSR count). The lowest BCUT2D eigenvalue weighted by Gasteiger charge is -2.35. The summed E-state index contributed by atoms with van der Waals surface area (Å²) in [6.07, 6.45) is 2.59. The van der Waals surface area contributed by atoms with Crippen molar-refractivity contribution in [3.05, 3.63) is 110 Å². The van der Waals surface area contributed by atoms with E-state index in [1.54, 1.807) is 13.2 Å². The van der Waals surface area contributed by atoms with Crippen LogP contribution < -0.4 is 4.74 Å². The van der Waals surface area contributed by atoms with Gasteiger partial charge in [0.2, 0.25) is 0 Å². The standard InChI is InChI=1S/C31H31Cl2F2NOS/c1-18-12-27(33)24(28(35)13-18)17-38-30-15-23(20-6-9-22(34)10-7-20)19(2)25(16-36-30)31(3,4)21-8-11-26(32)29(14-21)37-5/h6-14,16,19,23H,15,17H2,1-5H3. The Morgan fingerprint density at radius 1 is 1.03 bits per heavy atom. The molecule has 3 aromatic rings. The molecule has 0 radical (unpaired) electrons. The molecule has 0 saturated carbocycles. The van der Waals surface area contributed by atoms with Crippen LogP contribution >= 0.6 is 35.0 Å². The first kappa shape index (κ1) is 28.7. The summed E-state index contributed by atoms with van der Waals surface area (Å²) < 4.78 is 34.0. The van der Waals surface area contributed by atoms with E-state index in [0.29, 0.717) is 33.5 Å². The van der Waals surface area contributed by atoms with E-state index in [2.05, 4.69) is 20.8 Å². The molecule has 2 nitrogen and oxygen atoms in total. The average Bonchev–Trinajstić information content (AvgIpc) is 3.03. The summed E-state index contributed by atoms with van der Waals surface area (Å²) in [5.74, 6) is 0.531. The van der Waals surface area contributed by atoms with Gasteiger partial charge >= 0.3 is 0 Å². The van der Waals surface area contributed by atoms with Crippen molar-refractivity contribution in [3.63, 3.8) is 0 Å². The smallest absolute Gasteiger partial charge is 0.137 e. The average molecular weight is 575 g/mol. The zero-order valence-corrected chi connectivity index (χ0v) is 24.4. The van der Waals surface area contributed by atoms with Crippen LogP contribution in [0.1, 0.15) is 55.4 Å². The number of allylic oxidation sites excluding steroid dienone is 1. The number of aliphatic imine (C=N–C) groups is 1. The summed E-state index contributed by atoms with van der Waals surface area (Å²) in [7, 11) is 1.60. The van der Waals surface area contributed by atoms with Crippen molar-refractivity contribution in [2.45, 2.75) is 51.2 Å². The third kappa shape index (κ3) is 6.11. The number of halogens is 4. The molecular weight excluding hydrogens is 543 g/mol. The van der Waals surface area contributed by atoms with Crippen LogP contribution in [0.2, 0.25) is 10.0 Å². The van der Waals surface area contributed by atoms with Gasteiger partial charge in [-0.1, -0.05) is 62.2 Å². The van der Waals surface area contributed by atoms with Crippen LogP contribution in [-0.4, -0.2) is 12.2 Å². The number of benzene rings is 3. The fraction of sp³-hybridized carbons (Fsp3) is 0.323. The first-order chi connectivity index (χ1) is 18.0. The molecule has 1 heterocycles. The molecule has 38 heavy (non-hydrogen) atoms. The van der Waals surface area contributed by atoms with Crippen molar-refractivity contribution in [2.75, 3.05) is 7.11 Å². The largest absolute Gasteiger partial charge is 0.495 e. The van der Waals surface area contributed by atoms with Crippen molar-refractivity contribution >= 4 is 40.0 Å². The third-order valence-corrected chi connectivity index (χ3v) is 9.09. The van der Waals surface area contributed by atoms with E-state index in [4.69, 9.17) is 32.9 Å². The molecule has 0 fully saturated rings. The Labute approximate surface area is 238 Å². The van der Waals surface area contributed by atoms with E-state index in [-0.39, 0.29) is 23.5 Å². The van der Waals surface area contributed by atoms with Crippen molar-refractivity contribution in [1.29, 1.82) is 0 Å². The summed E-state index contributed by atoms with van der Waals surface area (Å²) in [4.78, 5) is 4.91. The number of nitrogens with zero attached hydrogens (tertiary/aromatic N) is 1. The molecule has 0 N–H and O–H groups in total. The summed E-state index contributed by atoms with van der Waals surface area (Å²) in [5, 5.41) is 1.85. The van der Waals surface area contributed by atoms with Crippen LogP contribution in [0.3, 0.4) is 0 Å². The third-order valence-electron chi connectivity index (χ3n) is 7.40. The first-order valence-corrected chi connectivity index (χ1v) is 14.2.